The zero-order valence-electron chi connectivity index (χ0n) is 13.6. The highest BCUT2D eigenvalue weighted by Crippen LogP contribution is 2.45. The minimum atomic E-state index is -0.00238. The number of carbonyl (C=O) groups excluding carboxylic acids is 1. The molecule has 1 aromatic rings. The van der Waals surface area contributed by atoms with Crippen LogP contribution in [0.3, 0.4) is 0 Å². The van der Waals surface area contributed by atoms with E-state index in [2.05, 4.69) is 56.3 Å². The van der Waals surface area contributed by atoms with Gasteiger partial charge < -0.3 is 4.74 Å². The molecule has 1 saturated heterocycles. The summed E-state index contributed by atoms with van der Waals surface area (Å²) in [7, 11) is 0. The molecule has 2 fully saturated rings. The SMILES string of the molecule is CC(/C=C/[C@@H]1[C@H]2CC(=O)O[C@H]2C[C@H]1C)CCc1ccccc1. The van der Waals surface area contributed by atoms with Crippen molar-refractivity contribution >= 4 is 5.97 Å². The third-order valence-corrected chi connectivity index (χ3v) is 5.31. The number of allylic oxidation sites excluding steroid dienone is 2. The van der Waals surface area contributed by atoms with Gasteiger partial charge in [-0.25, -0.2) is 0 Å². The van der Waals surface area contributed by atoms with Crippen LogP contribution in [0.1, 0.15) is 38.7 Å². The molecule has 1 aliphatic carbocycles. The Morgan fingerprint density at radius 1 is 1.32 bits per heavy atom. The minimum absolute atomic E-state index is 0.00238. The Balaban J connectivity index is 1.53. The summed E-state index contributed by atoms with van der Waals surface area (Å²) in [5, 5.41) is 0. The van der Waals surface area contributed by atoms with E-state index in [0.29, 0.717) is 30.1 Å². The number of fused-ring (bicyclic) bond motifs is 1. The minimum Gasteiger partial charge on any atom is -0.462 e. The van der Waals surface area contributed by atoms with Crippen LogP contribution in [0.25, 0.3) is 0 Å². The van der Waals surface area contributed by atoms with Crippen LogP contribution in [-0.2, 0) is 16.0 Å². The largest absolute Gasteiger partial charge is 0.462 e. The molecule has 0 N–H and O–H groups in total. The van der Waals surface area contributed by atoms with E-state index in [4.69, 9.17) is 4.74 Å². The fraction of sp³-hybridized carbons (Fsp3) is 0.550. The maximum atomic E-state index is 11.5. The lowest BCUT2D eigenvalue weighted by Crippen LogP contribution is -2.13. The molecule has 3 rings (SSSR count). The van der Waals surface area contributed by atoms with Crippen molar-refractivity contribution in [3.63, 3.8) is 0 Å². The van der Waals surface area contributed by atoms with Gasteiger partial charge in [0.1, 0.15) is 6.10 Å². The molecule has 118 valence electrons. The molecule has 22 heavy (non-hydrogen) atoms. The fourth-order valence-electron chi connectivity index (χ4n) is 3.97. The van der Waals surface area contributed by atoms with Crippen molar-refractivity contribution in [2.45, 2.75) is 45.6 Å². The van der Waals surface area contributed by atoms with Gasteiger partial charge in [-0.15, -0.1) is 0 Å². The molecule has 0 amide bonds. The molecule has 2 nitrogen and oxygen atoms in total. The first-order valence-corrected chi connectivity index (χ1v) is 8.55. The molecule has 0 aromatic heterocycles. The van der Waals surface area contributed by atoms with Crippen LogP contribution >= 0.6 is 0 Å². The lowest BCUT2D eigenvalue weighted by molar-refractivity contribution is -0.141. The molecule has 0 bridgehead atoms. The molecule has 1 aromatic carbocycles. The second-order valence-corrected chi connectivity index (χ2v) is 7.07. The van der Waals surface area contributed by atoms with Gasteiger partial charge in [0.2, 0.25) is 0 Å². The predicted octanol–water partition coefficient (Wildman–Crippen LogP) is 4.40. The zero-order chi connectivity index (χ0) is 15.5. The monoisotopic (exact) mass is 298 g/mol. The smallest absolute Gasteiger partial charge is 0.306 e. The Hall–Kier alpha value is -1.57. The second-order valence-electron chi connectivity index (χ2n) is 7.07. The second kappa shape index (κ2) is 6.68. The number of ether oxygens (including phenoxy) is 1. The van der Waals surface area contributed by atoms with Gasteiger partial charge in [-0.05, 0) is 42.6 Å². The summed E-state index contributed by atoms with van der Waals surface area (Å²) in [6.07, 6.45) is 8.84. The first-order chi connectivity index (χ1) is 10.6. The third kappa shape index (κ3) is 3.43. The van der Waals surface area contributed by atoms with Gasteiger partial charge in [0.15, 0.2) is 0 Å². The number of esters is 1. The van der Waals surface area contributed by atoms with Crippen molar-refractivity contribution in [3.8, 4) is 0 Å². The third-order valence-electron chi connectivity index (χ3n) is 5.31. The summed E-state index contributed by atoms with van der Waals surface area (Å²) in [4.78, 5) is 11.5. The summed E-state index contributed by atoms with van der Waals surface area (Å²) in [6.45, 7) is 4.57. The normalized spacial score (nSPS) is 32.2. The van der Waals surface area contributed by atoms with E-state index in [0.717, 1.165) is 12.8 Å². The molecule has 2 aliphatic rings. The van der Waals surface area contributed by atoms with E-state index in [1.807, 2.05) is 0 Å². The van der Waals surface area contributed by atoms with Crippen molar-refractivity contribution in [1.29, 1.82) is 0 Å². The van der Waals surface area contributed by atoms with E-state index in [9.17, 15) is 4.79 Å². The van der Waals surface area contributed by atoms with E-state index < -0.39 is 0 Å². The summed E-state index contributed by atoms with van der Waals surface area (Å²) in [5.74, 6) is 2.12. The molecule has 1 saturated carbocycles. The fourth-order valence-corrected chi connectivity index (χ4v) is 3.97. The van der Waals surface area contributed by atoms with Gasteiger partial charge >= 0.3 is 5.97 Å². The van der Waals surface area contributed by atoms with Crippen LogP contribution < -0.4 is 0 Å². The number of benzene rings is 1. The summed E-state index contributed by atoms with van der Waals surface area (Å²) >= 11 is 0. The lowest BCUT2D eigenvalue weighted by atomic mass is 9.87. The van der Waals surface area contributed by atoms with Crippen LogP contribution in [0.15, 0.2) is 42.5 Å². The van der Waals surface area contributed by atoms with Crippen LogP contribution in [0.5, 0.6) is 0 Å². The number of hydrogen-bond acceptors (Lipinski definition) is 2. The first-order valence-electron chi connectivity index (χ1n) is 8.55. The Labute approximate surface area is 133 Å². The van der Waals surface area contributed by atoms with Crippen molar-refractivity contribution in [1.82, 2.24) is 0 Å². The van der Waals surface area contributed by atoms with Crippen LogP contribution in [0.2, 0.25) is 0 Å². The van der Waals surface area contributed by atoms with Crippen LogP contribution in [0.4, 0.5) is 0 Å². The Morgan fingerprint density at radius 3 is 2.86 bits per heavy atom. The number of rotatable bonds is 5. The quantitative estimate of drug-likeness (QED) is 0.595. The maximum Gasteiger partial charge on any atom is 0.306 e. The topological polar surface area (TPSA) is 26.3 Å². The highest BCUT2D eigenvalue weighted by molar-refractivity contribution is 5.72. The Kier molecular flexibility index (Phi) is 4.66. The first kappa shape index (κ1) is 15.3. The summed E-state index contributed by atoms with van der Waals surface area (Å²) in [5.41, 5.74) is 1.41. The zero-order valence-corrected chi connectivity index (χ0v) is 13.6. The van der Waals surface area contributed by atoms with Crippen molar-refractivity contribution in [3.05, 3.63) is 48.0 Å². The lowest BCUT2D eigenvalue weighted by Gasteiger charge is -2.16. The van der Waals surface area contributed by atoms with E-state index in [1.165, 1.54) is 12.0 Å². The summed E-state index contributed by atoms with van der Waals surface area (Å²) in [6, 6.07) is 10.7. The molecule has 0 spiro atoms. The van der Waals surface area contributed by atoms with Crippen LogP contribution in [0, 0.1) is 23.7 Å². The number of hydrogen-bond donors (Lipinski definition) is 0. The molecule has 0 radical (unpaired) electrons. The average molecular weight is 298 g/mol. The van der Waals surface area contributed by atoms with E-state index in [-0.39, 0.29) is 12.1 Å². The van der Waals surface area contributed by atoms with Gasteiger partial charge in [-0.2, -0.15) is 0 Å². The highest BCUT2D eigenvalue weighted by atomic mass is 16.6. The van der Waals surface area contributed by atoms with Crippen molar-refractivity contribution < 1.29 is 9.53 Å². The van der Waals surface area contributed by atoms with Crippen molar-refractivity contribution in [2.75, 3.05) is 0 Å². The molecule has 1 aliphatic heterocycles. The Morgan fingerprint density at radius 2 is 2.09 bits per heavy atom. The molecule has 5 atom stereocenters. The number of carbonyl (C=O) groups is 1. The molecule has 1 unspecified atom stereocenters. The number of aryl methyl sites for hydroxylation is 1. The van der Waals surface area contributed by atoms with Gasteiger partial charge in [0.25, 0.3) is 0 Å². The van der Waals surface area contributed by atoms with Crippen LogP contribution in [-0.4, -0.2) is 12.1 Å². The standard InChI is InChI=1S/C20H26O2/c1-14(8-10-16-6-4-3-5-7-16)9-11-17-15(2)12-19-18(17)13-20(21)22-19/h3-7,9,11,14-15,17-19H,8,10,12-13H2,1-2H3/b11-9+/t14?,15-,17+,18-,19+/m1/s1. The van der Waals surface area contributed by atoms with Gasteiger partial charge in [-0.3, -0.25) is 4.79 Å². The average Bonchev–Trinajstić information content (AvgIpc) is 2.99. The maximum absolute atomic E-state index is 11.5. The summed E-state index contributed by atoms with van der Waals surface area (Å²) < 4.78 is 5.43. The highest BCUT2D eigenvalue weighted by Gasteiger charge is 2.47. The van der Waals surface area contributed by atoms with Gasteiger partial charge in [0, 0.05) is 5.92 Å². The van der Waals surface area contributed by atoms with Crippen molar-refractivity contribution in [2.24, 2.45) is 23.7 Å². The molecule has 1 heterocycles. The molecular weight excluding hydrogens is 272 g/mol. The van der Waals surface area contributed by atoms with E-state index >= 15 is 0 Å². The van der Waals surface area contributed by atoms with Gasteiger partial charge in [0.05, 0.1) is 6.42 Å². The van der Waals surface area contributed by atoms with Gasteiger partial charge in [-0.1, -0.05) is 56.3 Å². The van der Waals surface area contributed by atoms with E-state index in [1.54, 1.807) is 0 Å². The predicted molar refractivity (Wildman–Crippen MR) is 88.3 cm³/mol. The molecule has 2 heteroatoms. The molecular formula is C20H26O2. The Bertz CT molecular complexity index is 534.